The van der Waals surface area contributed by atoms with E-state index in [1.807, 2.05) is 0 Å². The van der Waals surface area contributed by atoms with Crippen molar-refractivity contribution in [2.45, 2.75) is 19.8 Å². The normalized spacial score (nSPS) is 15.8. The number of nitrogens with one attached hydrogen (secondary N) is 2. The third-order valence-corrected chi connectivity index (χ3v) is 5.00. The molecule has 138 valence electrons. The topological polar surface area (TPSA) is 70.7 Å². The van der Waals surface area contributed by atoms with Gasteiger partial charge in [0, 0.05) is 30.9 Å². The van der Waals surface area contributed by atoms with Gasteiger partial charge in [-0.3, -0.25) is 9.59 Å². The van der Waals surface area contributed by atoms with Crippen molar-refractivity contribution >= 4 is 29.1 Å². The molecule has 1 aliphatic heterocycles. The van der Waals surface area contributed by atoms with Crippen molar-refractivity contribution in [2.75, 3.05) is 45.2 Å². The Morgan fingerprint density at radius 2 is 2.00 bits per heavy atom. The Labute approximate surface area is 153 Å². The van der Waals surface area contributed by atoms with Gasteiger partial charge in [-0.25, -0.2) is 0 Å². The second kappa shape index (κ2) is 9.75. The molecule has 6 nitrogen and oxygen atoms in total. The molecule has 1 heterocycles. The van der Waals surface area contributed by atoms with E-state index in [9.17, 15) is 9.59 Å². The lowest BCUT2D eigenvalue weighted by Gasteiger charge is -2.31. The lowest BCUT2D eigenvalue weighted by Crippen LogP contribution is -2.42. The van der Waals surface area contributed by atoms with Crippen LogP contribution in [0.4, 0.5) is 5.69 Å². The molecule has 0 aromatic heterocycles. The van der Waals surface area contributed by atoms with Crippen LogP contribution in [0.2, 0.25) is 5.02 Å². The number of ether oxygens (including phenoxy) is 1. The van der Waals surface area contributed by atoms with E-state index >= 15 is 0 Å². The van der Waals surface area contributed by atoms with Crippen LogP contribution in [-0.4, -0.2) is 56.6 Å². The molecule has 0 radical (unpaired) electrons. The SMILES string of the molecule is COCCN1CCC(CNC(=O)C(=O)Nc2cccc(Cl)c2C)CC1. The van der Waals surface area contributed by atoms with Crippen LogP contribution in [0.15, 0.2) is 18.2 Å². The van der Waals surface area contributed by atoms with Crippen molar-refractivity contribution in [1.82, 2.24) is 10.2 Å². The number of benzene rings is 1. The van der Waals surface area contributed by atoms with Crippen molar-refractivity contribution in [3.8, 4) is 0 Å². The monoisotopic (exact) mass is 367 g/mol. The summed E-state index contributed by atoms with van der Waals surface area (Å²) in [5.41, 5.74) is 1.30. The largest absolute Gasteiger partial charge is 0.383 e. The molecule has 7 heteroatoms. The van der Waals surface area contributed by atoms with Crippen molar-refractivity contribution in [3.63, 3.8) is 0 Å². The maximum atomic E-state index is 12.0. The Kier molecular flexibility index (Phi) is 7.68. The molecule has 0 bridgehead atoms. The molecule has 0 saturated carbocycles. The van der Waals surface area contributed by atoms with Crippen LogP contribution in [0.25, 0.3) is 0 Å². The van der Waals surface area contributed by atoms with E-state index in [4.69, 9.17) is 16.3 Å². The molecule has 25 heavy (non-hydrogen) atoms. The average molecular weight is 368 g/mol. The maximum Gasteiger partial charge on any atom is 0.313 e. The number of rotatable bonds is 6. The summed E-state index contributed by atoms with van der Waals surface area (Å²) in [5, 5.41) is 5.90. The maximum absolute atomic E-state index is 12.0. The first-order valence-corrected chi connectivity index (χ1v) is 8.94. The summed E-state index contributed by atoms with van der Waals surface area (Å²) < 4.78 is 5.09. The first-order chi connectivity index (χ1) is 12.0. The number of hydrogen-bond donors (Lipinski definition) is 2. The molecule has 2 rings (SSSR count). The van der Waals surface area contributed by atoms with Crippen LogP contribution >= 0.6 is 11.6 Å². The van der Waals surface area contributed by atoms with Gasteiger partial charge in [-0.05, 0) is 56.5 Å². The fourth-order valence-electron chi connectivity index (χ4n) is 2.87. The minimum atomic E-state index is -0.664. The van der Waals surface area contributed by atoms with Crippen LogP contribution < -0.4 is 10.6 Å². The second-order valence-electron chi connectivity index (χ2n) is 6.35. The number of methoxy groups -OCH3 is 1. The molecule has 1 aromatic rings. The zero-order valence-electron chi connectivity index (χ0n) is 14.8. The minimum Gasteiger partial charge on any atom is -0.383 e. The van der Waals surface area contributed by atoms with Crippen molar-refractivity contribution < 1.29 is 14.3 Å². The van der Waals surface area contributed by atoms with Gasteiger partial charge in [0.1, 0.15) is 0 Å². The van der Waals surface area contributed by atoms with E-state index in [2.05, 4.69) is 15.5 Å². The highest BCUT2D eigenvalue weighted by molar-refractivity contribution is 6.40. The third-order valence-electron chi connectivity index (χ3n) is 4.59. The quantitative estimate of drug-likeness (QED) is 0.755. The number of piperidine rings is 1. The number of carbonyl (C=O) groups excluding carboxylic acids is 2. The molecule has 2 N–H and O–H groups in total. The summed E-state index contributed by atoms with van der Waals surface area (Å²) in [7, 11) is 1.71. The Morgan fingerprint density at radius 1 is 1.28 bits per heavy atom. The summed E-state index contributed by atoms with van der Waals surface area (Å²) in [5.74, 6) is -0.868. The molecular weight excluding hydrogens is 342 g/mol. The van der Waals surface area contributed by atoms with Gasteiger partial charge in [-0.2, -0.15) is 0 Å². The van der Waals surface area contributed by atoms with Gasteiger partial charge in [-0.1, -0.05) is 17.7 Å². The number of halogens is 1. The molecule has 1 aromatic carbocycles. The number of likely N-dealkylation sites (tertiary alicyclic amines) is 1. The molecule has 2 amide bonds. The molecule has 1 saturated heterocycles. The van der Waals surface area contributed by atoms with E-state index in [0.29, 0.717) is 23.2 Å². The average Bonchev–Trinajstić information content (AvgIpc) is 2.62. The summed E-state index contributed by atoms with van der Waals surface area (Å²) in [6.45, 7) is 6.00. The number of anilines is 1. The smallest absolute Gasteiger partial charge is 0.313 e. The van der Waals surface area contributed by atoms with Crippen molar-refractivity contribution in [2.24, 2.45) is 5.92 Å². The Bertz CT molecular complexity index is 601. The highest BCUT2D eigenvalue weighted by Gasteiger charge is 2.21. The van der Waals surface area contributed by atoms with Gasteiger partial charge < -0.3 is 20.3 Å². The first kappa shape index (κ1) is 19.7. The van der Waals surface area contributed by atoms with Gasteiger partial charge in [0.15, 0.2) is 0 Å². The standard InChI is InChI=1S/C18H26ClN3O3/c1-13-15(19)4-3-5-16(13)21-18(24)17(23)20-12-14-6-8-22(9-7-14)10-11-25-2/h3-5,14H,6-12H2,1-2H3,(H,20,23)(H,21,24). The zero-order chi connectivity index (χ0) is 18.2. The van der Waals surface area contributed by atoms with E-state index in [0.717, 1.165) is 44.6 Å². The molecule has 0 atom stereocenters. The van der Waals surface area contributed by atoms with Crippen LogP contribution in [0, 0.1) is 12.8 Å². The van der Waals surface area contributed by atoms with Crippen LogP contribution in [0.3, 0.4) is 0 Å². The van der Waals surface area contributed by atoms with E-state index in [1.54, 1.807) is 32.2 Å². The van der Waals surface area contributed by atoms with Gasteiger partial charge in [-0.15, -0.1) is 0 Å². The van der Waals surface area contributed by atoms with Gasteiger partial charge in [0.25, 0.3) is 0 Å². The summed E-state index contributed by atoms with van der Waals surface area (Å²) in [4.78, 5) is 26.4. The second-order valence-corrected chi connectivity index (χ2v) is 6.76. The van der Waals surface area contributed by atoms with Gasteiger partial charge >= 0.3 is 11.8 Å². The molecule has 0 spiro atoms. The fourth-order valence-corrected chi connectivity index (χ4v) is 3.05. The Morgan fingerprint density at radius 3 is 2.68 bits per heavy atom. The summed E-state index contributed by atoms with van der Waals surface area (Å²) in [6, 6.07) is 5.20. The molecule has 1 aliphatic rings. The predicted molar refractivity (Wildman–Crippen MR) is 98.9 cm³/mol. The summed E-state index contributed by atoms with van der Waals surface area (Å²) >= 11 is 6.02. The van der Waals surface area contributed by atoms with Gasteiger partial charge in [0.05, 0.1) is 6.61 Å². The number of carbonyl (C=O) groups is 2. The zero-order valence-corrected chi connectivity index (χ0v) is 15.6. The highest BCUT2D eigenvalue weighted by atomic mass is 35.5. The van der Waals surface area contributed by atoms with E-state index < -0.39 is 11.8 Å². The predicted octanol–water partition coefficient (Wildman–Crippen LogP) is 2.06. The van der Waals surface area contributed by atoms with Crippen molar-refractivity contribution in [3.05, 3.63) is 28.8 Å². The minimum absolute atomic E-state index is 0.406. The van der Waals surface area contributed by atoms with E-state index in [-0.39, 0.29) is 0 Å². The number of hydrogen-bond acceptors (Lipinski definition) is 4. The lowest BCUT2D eigenvalue weighted by atomic mass is 9.97. The van der Waals surface area contributed by atoms with Gasteiger partial charge in [0.2, 0.25) is 0 Å². The Hall–Kier alpha value is -1.63. The third kappa shape index (κ3) is 5.99. The molecular formula is C18H26ClN3O3. The summed E-state index contributed by atoms with van der Waals surface area (Å²) in [6.07, 6.45) is 2.03. The van der Waals surface area contributed by atoms with Crippen LogP contribution in [-0.2, 0) is 14.3 Å². The molecule has 0 aliphatic carbocycles. The Balaban J connectivity index is 1.73. The first-order valence-electron chi connectivity index (χ1n) is 8.57. The lowest BCUT2D eigenvalue weighted by molar-refractivity contribution is -0.136. The van der Waals surface area contributed by atoms with Crippen LogP contribution in [0.1, 0.15) is 18.4 Å². The van der Waals surface area contributed by atoms with Crippen LogP contribution in [0.5, 0.6) is 0 Å². The molecule has 0 unspecified atom stereocenters. The number of nitrogens with zero attached hydrogens (tertiary/aromatic N) is 1. The van der Waals surface area contributed by atoms with Crippen molar-refractivity contribution in [1.29, 1.82) is 0 Å². The highest BCUT2D eigenvalue weighted by Crippen LogP contribution is 2.22. The number of amides is 2. The van der Waals surface area contributed by atoms with E-state index in [1.165, 1.54) is 0 Å². The molecule has 1 fully saturated rings. The fraction of sp³-hybridized carbons (Fsp3) is 0.556.